The van der Waals surface area contributed by atoms with Gasteiger partial charge < -0.3 is 28.4 Å². The molecule has 0 aliphatic heterocycles. The van der Waals surface area contributed by atoms with E-state index < -0.39 is 54.7 Å². The van der Waals surface area contributed by atoms with E-state index in [4.69, 9.17) is 18.0 Å². The van der Waals surface area contributed by atoms with Crippen molar-refractivity contribution in [1.82, 2.24) is 5.32 Å². The van der Waals surface area contributed by atoms with Gasteiger partial charge >= 0.3 is 12.1 Å². The molecule has 8 nitrogen and oxygen atoms in total. The highest BCUT2D eigenvalue weighted by Gasteiger charge is 2.75. The Hall–Kier alpha value is -0.729. The molecule has 1 aliphatic rings. The fourth-order valence-electron chi connectivity index (χ4n) is 5.02. The molecule has 11 heteroatoms. The third-order valence-electron chi connectivity index (χ3n) is 9.08. The summed E-state index contributed by atoms with van der Waals surface area (Å²) >= 11 is 0. The number of carbonyl (C=O) groups excluding carboxylic acids is 2. The molecule has 42 heavy (non-hydrogen) atoms. The molecule has 1 amide bonds. The van der Waals surface area contributed by atoms with Crippen LogP contribution >= 0.6 is 0 Å². The average Bonchev–Trinajstić information content (AvgIpc) is 3.43. The third kappa shape index (κ3) is 11.0. The van der Waals surface area contributed by atoms with Crippen molar-refractivity contribution in [3.63, 3.8) is 0 Å². The van der Waals surface area contributed by atoms with E-state index in [1.807, 2.05) is 33.9 Å². The van der Waals surface area contributed by atoms with Gasteiger partial charge in [-0.15, -0.1) is 0 Å². The van der Waals surface area contributed by atoms with Crippen LogP contribution in [0.3, 0.4) is 0 Å². The molecule has 250 valence electrons. The van der Waals surface area contributed by atoms with Crippen LogP contribution in [0.1, 0.15) is 83.1 Å². The van der Waals surface area contributed by atoms with E-state index in [2.05, 4.69) is 73.0 Å². The van der Waals surface area contributed by atoms with Crippen LogP contribution in [0.4, 0.5) is 4.79 Å². The number of ether oxygens (including phenoxy) is 2. The van der Waals surface area contributed by atoms with Gasteiger partial charge in [0, 0.05) is 12.0 Å². The molecular formula is C31H67NO7Si3. The number of alkyl carbamates (subject to hydrolysis) is 1. The normalized spacial score (nSPS) is 22.6. The molecule has 1 fully saturated rings. The number of nitrogens with one attached hydrogen (secondary N) is 1. The maximum Gasteiger partial charge on any atom is 0.407 e. The first kappa shape index (κ1) is 41.3. The third-order valence-corrected chi connectivity index (χ3v) is 21.2. The Morgan fingerprint density at radius 1 is 0.881 bits per heavy atom. The van der Waals surface area contributed by atoms with E-state index >= 15 is 0 Å². The van der Waals surface area contributed by atoms with Crippen LogP contribution in [-0.2, 0) is 22.8 Å². The van der Waals surface area contributed by atoms with Crippen molar-refractivity contribution in [2.24, 2.45) is 22.7 Å². The summed E-state index contributed by atoms with van der Waals surface area (Å²) in [7, 11) is -3.20. The Bertz CT molecular complexity index is 872. The van der Waals surface area contributed by atoms with Crippen LogP contribution < -0.4 is 5.32 Å². The Kier molecular flexibility index (Phi) is 13.9. The number of rotatable bonds is 9. The van der Waals surface area contributed by atoms with E-state index in [0.717, 1.165) is 0 Å². The van der Waals surface area contributed by atoms with Crippen molar-refractivity contribution >= 4 is 37.7 Å². The molecule has 0 spiro atoms. The molecule has 0 saturated heterocycles. The topological polar surface area (TPSA) is 103 Å². The van der Waals surface area contributed by atoms with Gasteiger partial charge in [-0.3, -0.25) is 4.79 Å². The lowest BCUT2D eigenvalue weighted by atomic mass is 9.82. The van der Waals surface area contributed by atoms with Gasteiger partial charge in [0.2, 0.25) is 0 Å². The van der Waals surface area contributed by atoms with Crippen molar-refractivity contribution in [3.8, 4) is 0 Å². The van der Waals surface area contributed by atoms with E-state index in [-0.39, 0.29) is 23.9 Å². The molecule has 1 saturated carbocycles. The molecular weight excluding hydrogens is 583 g/mol. The highest BCUT2D eigenvalue weighted by molar-refractivity contribution is 6.87. The number of hydrogen-bond acceptors (Lipinski definition) is 7. The molecule has 1 aliphatic carbocycles. The zero-order valence-electron chi connectivity index (χ0n) is 30.6. The fraction of sp³-hybridized carbons (Fsp3) is 0.935. The minimum absolute atomic E-state index is 0.0997. The zero-order valence-corrected chi connectivity index (χ0v) is 33.8. The maximum absolute atomic E-state index is 12.5. The largest absolute Gasteiger partial charge is 0.469 e. The Balaban J connectivity index is 0.000000951. The van der Waals surface area contributed by atoms with Crippen molar-refractivity contribution in [3.05, 3.63) is 0 Å². The van der Waals surface area contributed by atoms with E-state index in [1.54, 1.807) is 20.8 Å². The summed E-state index contributed by atoms with van der Waals surface area (Å²) in [4.78, 5) is 24.9. The van der Waals surface area contributed by atoms with Gasteiger partial charge in [0.15, 0.2) is 25.7 Å². The highest BCUT2D eigenvalue weighted by atomic mass is 28.4. The van der Waals surface area contributed by atoms with Crippen LogP contribution in [0.15, 0.2) is 0 Å². The first-order valence-electron chi connectivity index (χ1n) is 15.4. The maximum atomic E-state index is 12.5. The van der Waals surface area contributed by atoms with Crippen LogP contribution in [0.25, 0.3) is 0 Å². The second-order valence-electron chi connectivity index (χ2n) is 17.3. The molecule has 0 bridgehead atoms. The van der Waals surface area contributed by atoms with Gasteiger partial charge in [-0.2, -0.15) is 0 Å². The van der Waals surface area contributed by atoms with Crippen LogP contribution in [-0.4, -0.2) is 74.8 Å². The van der Waals surface area contributed by atoms with E-state index in [1.165, 1.54) is 7.11 Å². The summed E-state index contributed by atoms with van der Waals surface area (Å²) in [6.45, 7) is 38.8. The minimum atomic E-state index is -1.59. The molecule has 0 heterocycles. The average molecular weight is 650 g/mol. The number of aliphatic hydroxyl groups excluding tert-OH is 1. The Morgan fingerprint density at radius 3 is 1.60 bits per heavy atom. The standard InChI is InChI=1S/C19H37NO6Si.C12H30OSi2/c1-17(2,3)14-13(15(22)24-7)19(14,11-25-27(8)9)12(10-21)20-16(23)26-18(4,5)6;1-11(2,3)14(7,8)13-15(9,10)12(4,5)6/h12-14,21,27H,10-11H2,1-9H3,(H,20,23);1-10H3. The van der Waals surface area contributed by atoms with Crippen molar-refractivity contribution < 1.29 is 32.7 Å². The minimum Gasteiger partial charge on any atom is -0.469 e. The summed E-state index contributed by atoms with van der Waals surface area (Å²) in [5.74, 6) is -0.895. The second-order valence-corrected chi connectivity index (χ2v) is 29.6. The van der Waals surface area contributed by atoms with Crippen molar-refractivity contribution in [2.75, 3.05) is 20.3 Å². The molecule has 1 rings (SSSR count). The van der Waals surface area contributed by atoms with Gasteiger partial charge in [0.25, 0.3) is 0 Å². The van der Waals surface area contributed by atoms with Gasteiger partial charge in [-0.1, -0.05) is 62.3 Å². The van der Waals surface area contributed by atoms with Crippen molar-refractivity contribution in [1.29, 1.82) is 0 Å². The summed E-state index contributed by atoms with van der Waals surface area (Å²) in [5.41, 5.74) is -1.62. The summed E-state index contributed by atoms with van der Waals surface area (Å²) in [6.07, 6.45) is -0.620. The predicted octanol–water partition coefficient (Wildman–Crippen LogP) is 7.34. The number of carbonyl (C=O) groups is 2. The predicted molar refractivity (Wildman–Crippen MR) is 181 cm³/mol. The number of esters is 1. The van der Waals surface area contributed by atoms with E-state index in [9.17, 15) is 14.7 Å². The van der Waals surface area contributed by atoms with E-state index in [0.29, 0.717) is 16.7 Å². The fourth-order valence-corrected chi connectivity index (χ4v) is 13.2. The van der Waals surface area contributed by atoms with Gasteiger partial charge in [0.05, 0.1) is 25.7 Å². The SMILES string of the molecule is CC(C)(C)[Si](C)(C)O[Si](C)(C)C(C)(C)C.COC(=O)C1C(C(C)(C)C)C1(CO[SiH](C)C)C(CO)NC(=O)OC(C)(C)C. The molecule has 0 radical (unpaired) electrons. The van der Waals surface area contributed by atoms with Gasteiger partial charge in [-0.05, 0) is 81.5 Å². The number of hydrogen-bond donors (Lipinski definition) is 2. The second kappa shape index (κ2) is 14.1. The number of amides is 1. The molecule has 0 aromatic heterocycles. The first-order valence-corrected chi connectivity index (χ1v) is 24.0. The lowest BCUT2D eigenvalue weighted by Gasteiger charge is -2.47. The zero-order chi connectivity index (χ0) is 33.9. The molecule has 4 atom stereocenters. The summed E-state index contributed by atoms with van der Waals surface area (Å²) < 4.78 is 23.0. The molecule has 0 aromatic carbocycles. The Morgan fingerprint density at radius 2 is 1.31 bits per heavy atom. The monoisotopic (exact) mass is 649 g/mol. The lowest BCUT2D eigenvalue weighted by Crippen LogP contribution is -2.53. The first-order chi connectivity index (χ1) is 18.4. The summed E-state index contributed by atoms with van der Waals surface area (Å²) in [6, 6.07) is -0.673. The highest BCUT2D eigenvalue weighted by Crippen LogP contribution is 2.68. The summed E-state index contributed by atoms with van der Waals surface area (Å²) in [5, 5.41) is 13.5. The Labute approximate surface area is 262 Å². The molecule has 4 unspecified atom stereocenters. The van der Waals surface area contributed by atoms with Crippen LogP contribution in [0.2, 0.25) is 49.4 Å². The van der Waals surface area contributed by atoms with Crippen LogP contribution in [0, 0.1) is 22.7 Å². The molecule has 2 N–H and O–H groups in total. The smallest absolute Gasteiger partial charge is 0.407 e. The van der Waals surface area contributed by atoms with Crippen molar-refractivity contribution in [2.45, 2.75) is 144 Å². The van der Waals surface area contributed by atoms with Gasteiger partial charge in [-0.25, -0.2) is 4.79 Å². The number of methoxy groups -OCH3 is 1. The lowest BCUT2D eigenvalue weighted by molar-refractivity contribution is -0.144. The van der Waals surface area contributed by atoms with Crippen LogP contribution in [0.5, 0.6) is 0 Å². The molecule has 0 aromatic rings. The van der Waals surface area contributed by atoms with Gasteiger partial charge in [0.1, 0.15) is 5.60 Å². The quantitative estimate of drug-likeness (QED) is 0.199. The number of aliphatic hydroxyl groups is 1.